The minimum absolute atomic E-state index is 0.0526. The van der Waals surface area contributed by atoms with Crippen LogP contribution in [0.15, 0.2) is 48.5 Å². The quantitative estimate of drug-likeness (QED) is 0.632. The summed E-state index contributed by atoms with van der Waals surface area (Å²) >= 11 is 0. The van der Waals surface area contributed by atoms with E-state index in [9.17, 15) is 18.4 Å². The average molecular weight is 499 g/mol. The van der Waals surface area contributed by atoms with E-state index in [0.29, 0.717) is 45.8 Å². The van der Waals surface area contributed by atoms with Gasteiger partial charge in [-0.2, -0.15) is 0 Å². The van der Waals surface area contributed by atoms with Crippen molar-refractivity contribution in [1.29, 1.82) is 0 Å². The smallest absolute Gasteiger partial charge is 0.225 e. The molecular formula is C28H32F2N2O4. The van der Waals surface area contributed by atoms with Gasteiger partial charge in [0.25, 0.3) is 0 Å². The maximum absolute atomic E-state index is 13.7. The fourth-order valence-electron chi connectivity index (χ4n) is 5.67. The van der Waals surface area contributed by atoms with Gasteiger partial charge >= 0.3 is 0 Å². The van der Waals surface area contributed by atoms with Gasteiger partial charge < -0.3 is 19.3 Å². The molecule has 2 heterocycles. The Balaban J connectivity index is 1.20. The van der Waals surface area contributed by atoms with Crippen LogP contribution in [-0.4, -0.2) is 61.0 Å². The minimum Gasteiger partial charge on any atom is -0.370 e. The van der Waals surface area contributed by atoms with Crippen molar-refractivity contribution in [3.05, 3.63) is 71.3 Å². The van der Waals surface area contributed by atoms with Crippen LogP contribution in [0.25, 0.3) is 0 Å². The first-order valence-electron chi connectivity index (χ1n) is 12.8. The number of ether oxygens (including phenoxy) is 2. The highest BCUT2D eigenvalue weighted by Crippen LogP contribution is 2.34. The number of hydrogen-bond donors (Lipinski definition) is 0. The molecule has 2 saturated heterocycles. The van der Waals surface area contributed by atoms with Crippen LogP contribution < -0.4 is 0 Å². The number of rotatable bonds is 4. The van der Waals surface area contributed by atoms with Gasteiger partial charge in [-0.15, -0.1) is 0 Å². The second-order valence-corrected chi connectivity index (χ2v) is 9.96. The van der Waals surface area contributed by atoms with E-state index < -0.39 is 0 Å². The highest BCUT2D eigenvalue weighted by atomic mass is 19.1. The molecule has 5 rings (SSSR count). The van der Waals surface area contributed by atoms with Crippen molar-refractivity contribution in [2.45, 2.75) is 37.9 Å². The lowest BCUT2D eigenvalue weighted by molar-refractivity contribution is -0.149. The second-order valence-electron chi connectivity index (χ2n) is 9.96. The van der Waals surface area contributed by atoms with Gasteiger partial charge in [0.05, 0.1) is 26.3 Å². The Hall–Kier alpha value is -2.84. The van der Waals surface area contributed by atoms with Crippen LogP contribution in [0.2, 0.25) is 0 Å². The van der Waals surface area contributed by atoms with Gasteiger partial charge in [0.15, 0.2) is 0 Å². The lowest BCUT2D eigenvalue weighted by atomic mass is 9.79. The van der Waals surface area contributed by atoms with E-state index >= 15 is 0 Å². The Morgan fingerprint density at radius 3 is 1.67 bits per heavy atom. The van der Waals surface area contributed by atoms with Crippen LogP contribution in [0, 0.1) is 23.5 Å². The standard InChI is InChI=1S/C28H32F2N2O4/c29-23-8-2-4-19(15-23)25-17-31(10-12-35-25)27(33)21-6-1-7-22(14-21)28(34)32-11-13-36-26(18-32)20-5-3-9-24(30)16-20/h2-5,8-9,15-16,21-22,25-26H,1,6-7,10-14,17-18H2. The topological polar surface area (TPSA) is 59.1 Å². The number of benzene rings is 2. The molecule has 192 valence electrons. The predicted octanol–water partition coefficient (Wildman–Crippen LogP) is 4.27. The molecule has 2 aromatic carbocycles. The van der Waals surface area contributed by atoms with Crippen molar-refractivity contribution < 1.29 is 27.8 Å². The number of carbonyl (C=O) groups excluding carboxylic acids is 2. The molecule has 2 aliphatic heterocycles. The molecule has 0 aromatic heterocycles. The van der Waals surface area contributed by atoms with Gasteiger partial charge in [0, 0.05) is 24.9 Å². The Morgan fingerprint density at radius 2 is 1.22 bits per heavy atom. The SMILES string of the molecule is O=C(C1CCCC(C(=O)N2CCOC(c3cccc(F)c3)C2)C1)N1CCOC(c2cccc(F)c2)C1. The summed E-state index contributed by atoms with van der Waals surface area (Å²) in [6.45, 7) is 2.57. The second kappa shape index (κ2) is 11.0. The van der Waals surface area contributed by atoms with Gasteiger partial charge in [-0.1, -0.05) is 30.7 Å². The first-order valence-corrected chi connectivity index (χ1v) is 12.8. The first-order chi connectivity index (χ1) is 17.5. The average Bonchev–Trinajstić information content (AvgIpc) is 2.92. The van der Waals surface area contributed by atoms with Gasteiger partial charge in [0.1, 0.15) is 23.8 Å². The van der Waals surface area contributed by atoms with Crippen LogP contribution in [0.1, 0.15) is 49.0 Å². The Kier molecular flexibility index (Phi) is 7.62. The third kappa shape index (κ3) is 5.60. The summed E-state index contributed by atoms with van der Waals surface area (Å²) in [5.74, 6) is -0.960. The summed E-state index contributed by atoms with van der Waals surface area (Å²) < 4.78 is 39.0. The molecule has 0 bridgehead atoms. The number of hydrogen-bond acceptors (Lipinski definition) is 4. The molecule has 1 aliphatic carbocycles. The summed E-state index contributed by atoms with van der Waals surface area (Å²) in [5.41, 5.74) is 1.45. The van der Waals surface area contributed by atoms with Gasteiger partial charge in [-0.25, -0.2) is 8.78 Å². The largest absolute Gasteiger partial charge is 0.370 e. The molecule has 0 N–H and O–H groups in total. The van der Waals surface area contributed by atoms with Crippen molar-refractivity contribution in [1.82, 2.24) is 9.80 Å². The van der Waals surface area contributed by atoms with Crippen molar-refractivity contribution in [3.63, 3.8) is 0 Å². The number of morpholine rings is 2. The number of amides is 2. The molecule has 0 spiro atoms. The van der Waals surface area contributed by atoms with Crippen LogP contribution in [0.3, 0.4) is 0 Å². The van der Waals surface area contributed by atoms with E-state index in [2.05, 4.69) is 0 Å². The molecular weight excluding hydrogens is 466 g/mol. The molecule has 3 fully saturated rings. The lowest BCUT2D eigenvalue weighted by Gasteiger charge is -2.39. The summed E-state index contributed by atoms with van der Waals surface area (Å²) in [7, 11) is 0. The van der Waals surface area contributed by atoms with E-state index in [-0.39, 0.29) is 47.5 Å². The van der Waals surface area contributed by atoms with E-state index in [0.717, 1.165) is 30.4 Å². The molecule has 6 nitrogen and oxygen atoms in total. The molecule has 36 heavy (non-hydrogen) atoms. The van der Waals surface area contributed by atoms with Crippen molar-refractivity contribution in [2.24, 2.45) is 11.8 Å². The summed E-state index contributed by atoms with van der Waals surface area (Å²) in [6.07, 6.45) is 2.17. The monoisotopic (exact) mass is 498 g/mol. The zero-order chi connectivity index (χ0) is 25.1. The molecule has 1 saturated carbocycles. The maximum Gasteiger partial charge on any atom is 0.225 e. The van der Waals surface area contributed by atoms with Crippen molar-refractivity contribution >= 4 is 11.8 Å². The highest BCUT2D eigenvalue weighted by Gasteiger charge is 2.38. The molecule has 2 aromatic rings. The fourth-order valence-corrected chi connectivity index (χ4v) is 5.67. The Bertz CT molecular complexity index is 1010. The third-order valence-corrected chi connectivity index (χ3v) is 7.57. The van der Waals surface area contributed by atoms with Crippen LogP contribution in [0.5, 0.6) is 0 Å². The molecule has 2 amide bonds. The lowest BCUT2D eigenvalue weighted by Crippen LogP contribution is -2.48. The molecule has 4 atom stereocenters. The molecule has 4 unspecified atom stereocenters. The van der Waals surface area contributed by atoms with E-state index in [1.54, 1.807) is 12.1 Å². The Morgan fingerprint density at radius 1 is 0.750 bits per heavy atom. The van der Waals surface area contributed by atoms with Crippen molar-refractivity contribution in [2.75, 3.05) is 39.4 Å². The van der Waals surface area contributed by atoms with Crippen molar-refractivity contribution in [3.8, 4) is 0 Å². The summed E-state index contributed by atoms with van der Waals surface area (Å²) in [6, 6.07) is 12.6. The molecule has 3 aliphatic rings. The zero-order valence-electron chi connectivity index (χ0n) is 20.3. The zero-order valence-corrected chi connectivity index (χ0v) is 20.3. The minimum atomic E-state index is -0.354. The van der Waals surface area contributed by atoms with E-state index in [4.69, 9.17) is 9.47 Å². The maximum atomic E-state index is 13.7. The number of nitrogens with zero attached hydrogens (tertiary/aromatic N) is 2. The molecule has 0 radical (unpaired) electrons. The Labute approximate surface area is 210 Å². The van der Waals surface area contributed by atoms with E-state index in [1.165, 1.54) is 24.3 Å². The van der Waals surface area contributed by atoms with Gasteiger partial charge in [0.2, 0.25) is 11.8 Å². The number of carbonyl (C=O) groups is 2. The first kappa shape index (κ1) is 24.8. The van der Waals surface area contributed by atoms with Crippen LogP contribution >= 0.6 is 0 Å². The normalized spacial score (nSPS) is 27.1. The van der Waals surface area contributed by atoms with E-state index in [1.807, 2.05) is 21.9 Å². The molecule has 8 heteroatoms. The number of halogens is 2. The van der Waals surface area contributed by atoms with Gasteiger partial charge in [-0.05, 0) is 54.7 Å². The summed E-state index contributed by atoms with van der Waals surface area (Å²) in [5, 5.41) is 0. The summed E-state index contributed by atoms with van der Waals surface area (Å²) in [4.78, 5) is 30.5. The fraction of sp³-hybridized carbons (Fsp3) is 0.500. The van der Waals surface area contributed by atoms with Crippen LogP contribution in [-0.2, 0) is 19.1 Å². The predicted molar refractivity (Wildman–Crippen MR) is 129 cm³/mol. The van der Waals surface area contributed by atoms with Crippen LogP contribution in [0.4, 0.5) is 8.78 Å². The highest BCUT2D eigenvalue weighted by molar-refractivity contribution is 5.83. The van der Waals surface area contributed by atoms with Gasteiger partial charge in [-0.3, -0.25) is 9.59 Å². The third-order valence-electron chi connectivity index (χ3n) is 7.57.